The van der Waals surface area contributed by atoms with Crippen molar-refractivity contribution in [2.75, 3.05) is 19.6 Å². The summed E-state index contributed by atoms with van der Waals surface area (Å²) in [4.78, 5) is 39.6. The Bertz CT molecular complexity index is 596. The molecular formula is C14H20N4O3. The lowest BCUT2D eigenvalue weighted by Gasteiger charge is -2.32. The summed E-state index contributed by atoms with van der Waals surface area (Å²) in [6.07, 6.45) is 3.24. The number of aromatic nitrogens is 1. The summed E-state index contributed by atoms with van der Waals surface area (Å²) in [5.41, 5.74) is 5.66. The maximum Gasteiger partial charge on any atom is 0.312 e. The molecule has 0 radical (unpaired) electrons. The number of aryl methyl sites for hydroxylation is 1. The first-order chi connectivity index (χ1) is 9.97. The van der Waals surface area contributed by atoms with Gasteiger partial charge in [0.15, 0.2) is 5.43 Å². The quantitative estimate of drug-likeness (QED) is 0.740. The second-order valence-corrected chi connectivity index (χ2v) is 5.40. The van der Waals surface area contributed by atoms with Gasteiger partial charge in [0.1, 0.15) is 5.56 Å². The second kappa shape index (κ2) is 6.43. The van der Waals surface area contributed by atoms with Crippen LogP contribution in [0.5, 0.6) is 0 Å². The van der Waals surface area contributed by atoms with Crippen LogP contribution in [0.1, 0.15) is 28.9 Å². The Labute approximate surface area is 122 Å². The highest BCUT2D eigenvalue weighted by Crippen LogP contribution is 2.17. The summed E-state index contributed by atoms with van der Waals surface area (Å²) < 4.78 is 0. The average Bonchev–Trinajstić information content (AvgIpc) is 2.45. The molecule has 114 valence electrons. The molecule has 7 heteroatoms. The number of piperidine rings is 1. The van der Waals surface area contributed by atoms with E-state index in [-0.39, 0.29) is 22.8 Å². The second-order valence-electron chi connectivity index (χ2n) is 5.40. The summed E-state index contributed by atoms with van der Waals surface area (Å²) in [6.45, 7) is 3.36. The van der Waals surface area contributed by atoms with E-state index < -0.39 is 6.03 Å². The third kappa shape index (κ3) is 3.84. The van der Waals surface area contributed by atoms with Crippen LogP contribution >= 0.6 is 0 Å². The Balaban J connectivity index is 2.05. The number of rotatable bonds is 3. The van der Waals surface area contributed by atoms with Crippen LogP contribution in [-0.2, 0) is 0 Å². The zero-order chi connectivity index (χ0) is 15.4. The molecule has 0 aromatic carbocycles. The van der Waals surface area contributed by atoms with Crippen molar-refractivity contribution in [1.29, 1.82) is 0 Å². The molecular weight excluding hydrogens is 272 g/mol. The van der Waals surface area contributed by atoms with Gasteiger partial charge in [-0.1, -0.05) is 0 Å². The number of hydrogen-bond acceptors (Lipinski definition) is 3. The predicted molar refractivity (Wildman–Crippen MR) is 78.0 cm³/mol. The molecule has 4 N–H and O–H groups in total. The van der Waals surface area contributed by atoms with Gasteiger partial charge in [-0.2, -0.15) is 0 Å². The van der Waals surface area contributed by atoms with E-state index in [1.165, 1.54) is 12.3 Å². The zero-order valence-electron chi connectivity index (χ0n) is 12.0. The normalized spacial score (nSPS) is 18.3. The molecule has 0 saturated carbocycles. The van der Waals surface area contributed by atoms with Crippen LogP contribution in [0.4, 0.5) is 4.79 Å². The first-order valence-electron chi connectivity index (χ1n) is 6.99. The van der Waals surface area contributed by atoms with E-state index in [0.29, 0.717) is 19.6 Å². The third-order valence-electron chi connectivity index (χ3n) is 3.66. The van der Waals surface area contributed by atoms with Crippen LogP contribution in [0, 0.1) is 12.8 Å². The fourth-order valence-corrected chi connectivity index (χ4v) is 2.57. The van der Waals surface area contributed by atoms with Crippen molar-refractivity contribution in [2.45, 2.75) is 19.8 Å². The summed E-state index contributed by atoms with van der Waals surface area (Å²) in [7, 11) is 0. The number of aromatic amines is 1. The Kier molecular flexibility index (Phi) is 4.62. The monoisotopic (exact) mass is 292 g/mol. The molecule has 2 rings (SSSR count). The summed E-state index contributed by atoms with van der Waals surface area (Å²) >= 11 is 0. The van der Waals surface area contributed by atoms with E-state index >= 15 is 0 Å². The van der Waals surface area contributed by atoms with Crippen LogP contribution < -0.4 is 16.5 Å². The van der Waals surface area contributed by atoms with Crippen LogP contribution in [0.2, 0.25) is 0 Å². The first kappa shape index (κ1) is 15.1. The van der Waals surface area contributed by atoms with E-state index in [1.54, 1.807) is 11.8 Å². The molecule has 3 amide bonds. The number of hydrogen-bond donors (Lipinski definition) is 3. The van der Waals surface area contributed by atoms with Crippen molar-refractivity contribution in [2.24, 2.45) is 11.7 Å². The number of nitrogens with one attached hydrogen (secondary N) is 2. The Hall–Kier alpha value is -2.31. The minimum absolute atomic E-state index is 0.157. The van der Waals surface area contributed by atoms with Gasteiger partial charge in [0.2, 0.25) is 0 Å². The van der Waals surface area contributed by atoms with E-state index in [1.807, 2.05) is 0 Å². The topological polar surface area (TPSA) is 108 Å². The SMILES string of the molecule is Cc1cc(=O)c(C(=O)N2CCCC(CNC(N)=O)C2)c[nH]1. The largest absolute Gasteiger partial charge is 0.364 e. The Morgan fingerprint density at radius 2 is 2.29 bits per heavy atom. The molecule has 21 heavy (non-hydrogen) atoms. The number of likely N-dealkylation sites (tertiary alicyclic amines) is 1. The first-order valence-corrected chi connectivity index (χ1v) is 6.99. The number of pyridine rings is 1. The van der Waals surface area contributed by atoms with E-state index in [0.717, 1.165) is 18.5 Å². The van der Waals surface area contributed by atoms with Crippen LogP contribution in [-0.4, -0.2) is 41.5 Å². The fraction of sp³-hybridized carbons (Fsp3) is 0.500. The van der Waals surface area contributed by atoms with Gasteiger partial charge in [0.25, 0.3) is 5.91 Å². The number of urea groups is 1. The maximum atomic E-state index is 12.4. The molecule has 2 heterocycles. The highest BCUT2D eigenvalue weighted by molar-refractivity contribution is 5.93. The van der Waals surface area contributed by atoms with Crippen LogP contribution in [0.25, 0.3) is 0 Å². The molecule has 1 aliphatic heterocycles. The number of nitrogens with zero attached hydrogens (tertiary/aromatic N) is 1. The number of primary amides is 1. The number of H-pyrrole nitrogens is 1. The lowest BCUT2D eigenvalue weighted by Crippen LogP contribution is -2.45. The van der Waals surface area contributed by atoms with Gasteiger partial charge in [0.05, 0.1) is 0 Å². The third-order valence-corrected chi connectivity index (χ3v) is 3.66. The van der Waals surface area contributed by atoms with Crippen molar-refractivity contribution in [3.8, 4) is 0 Å². The summed E-state index contributed by atoms with van der Waals surface area (Å²) in [5.74, 6) is -0.0974. The molecule has 1 aliphatic rings. The van der Waals surface area contributed by atoms with Gasteiger partial charge in [0, 0.05) is 37.6 Å². The lowest BCUT2D eigenvalue weighted by atomic mass is 9.97. The number of amides is 3. The van der Waals surface area contributed by atoms with Crippen LogP contribution in [0.15, 0.2) is 17.1 Å². The highest BCUT2D eigenvalue weighted by atomic mass is 16.2. The summed E-state index contributed by atoms with van der Waals surface area (Å²) in [6, 6.07) is 0.858. The molecule has 0 bridgehead atoms. The van der Waals surface area contributed by atoms with E-state index in [2.05, 4.69) is 10.3 Å². The van der Waals surface area contributed by atoms with Gasteiger partial charge in [-0.05, 0) is 25.7 Å². The molecule has 7 nitrogen and oxygen atoms in total. The zero-order valence-corrected chi connectivity index (χ0v) is 12.0. The van der Waals surface area contributed by atoms with Gasteiger partial charge >= 0.3 is 6.03 Å². The molecule has 1 atom stereocenters. The molecule has 1 unspecified atom stereocenters. The van der Waals surface area contributed by atoms with Gasteiger partial charge in [-0.25, -0.2) is 4.79 Å². The van der Waals surface area contributed by atoms with Crippen LogP contribution in [0.3, 0.4) is 0 Å². The minimum Gasteiger partial charge on any atom is -0.364 e. The Morgan fingerprint density at radius 1 is 1.52 bits per heavy atom. The van der Waals surface area contributed by atoms with Crippen molar-refractivity contribution < 1.29 is 9.59 Å². The average molecular weight is 292 g/mol. The smallest absolute Gasteiger partial charge is 0.312 e. The predicted octanol–water partition coefficient (Wildman–Crippen LogP) is 0.204. The molecule has 1 saturated heterocycles. The van der Waals surface area contributed by atoms with Crippen molar-refractivity contribution >= 4 is 11.9 Å². The summed E-state index contributed by atoms with van der Waals surface area (Å²) in [5, 5.41) is 2.57. The molecule has 0 aliphatic carbocycles. The number of carbonyl (C=O) groups is 2. The van der Waals surface area contributed by atoms with E-state index in [9.17, 15) is 14.4 Å². The highest BCUT2D eigenvalue weighted by Gasteiger charge is 2.25. The molecule has 1 fully saturated rings. The lowest BCUT2D eigenvalue weighted by molar-refractivity contribution is 0.0673. The van der Waals surface area contributed by atoms with Crippen molar-refractivity contribution in [3.05, 3.63) is 33.7 Å². The molecule has 0 spiro atoms. The molecule has 1 aromatic heterocycles. The number of carbonyl (C=O) groups excluding carboxylic acids is 2. The van der Waals surface area contributed by atoms with Gasteiger partial charge < -0.3 is 20.9 Å². The standard InChI is InChI=1S/C14H20N4O3/c1-9-5-12(19)11(7-16-9)13(20)18-4-2-3-10(8-18)6-17-14(15)21/h5,7,10H,2-4,6,8H2,1H3,(H,16,19)(H3,15,17,21). The molecule has 1 aromatic rings. The van der Waals surface area contributed by atoms with Crippen molar-refractivity contribution in [3.63, 3.8) is 0 Å². The van der Waals surface area contributed by atoms with E-state index in [4.69, 9.17) is 5.73 Å². The Morgan fingerprint density at radius 3 is 2.95 bits per heavy atom. The fourth-order valence-electron chi connectivity index (χ4n) is 2.57. The maximum absolute atomic E-state index is 12.4. The van der Waals surface area contributed by atoms with Gasteiger partial charge in [-0.15, -0.1) is 0 Å². The van der Waals surface area contributed by atoms with Gasteiger partial charge in [-0.3, -0.25) is 9.59 Å². The van der Waals surface area contributed by atoms with Crippen molar-refractivity contribution in [1.82, 2.24) is 15.2 Å². The number of nitrogens with two attached hydrogens (primary N) is 1. The minimum atomic E-state index is -0.562.